The van der Waals surface area contributed by atoms with E-state index in [1.807, 2.05) is 43.3 Å². The lowest BCUT2D eigenvalue weighted by Gasteiger charge is -2.23. The Labute approximate surface area is 163 Å². The predicted molar refractivity (Wildman–Crippen MR) is 109 cm³/mol. The Morgan fingerprint density at radius 3 is 2.63 bits per heavy atom. The third-order valence-electron chi connectivity index (χ3n) is 4.38. The summed E-state index contributed by atoms with van der Waals surface area (Å²) in [5, 5.41) is 4.43. The summed E-state index contributed by atoms with van der Waals surface area (Å²) in [5.74, 6) is -0.320. The molecule has 3 aromatic rings. The monoisotopic (exact) mass is 381 g/mol. The van der Waals surface area contributed by atoms with Gasteiger partial charge in [0, 0.05) is 42.2 Å². The van der Waals surface area contributed by atoms with E-state index in [-0.39, 0.29) is 24.8 Å². The number of anilines is 2. The van der Waals surface area contributed by atoms with Gasteiger partial charge in [-0.05, 0) is 36.8 Å². The van der Waals surface area contributed by atoms with Crippen molar-refractivity contribution in [1.82, 2.24) is 4.98 Å². The summed E-state index contributed by atoms with van der Waals surface area (Å²) < 4.78 is 0. The van der Waals surface area contributed by atoms with E-state index in [1.54, 1.807) is 23.2 Å². The molecule has 138 valence electrons. The molecule has 1 aromatic heterocycles. The first-order valence-electron chi connectivity index (χ1n) is 8.64. The molecule has 2 amide bonds. The molecule has 0 atom stereocenters. The average molecular weight is 382 g/mol. The van der Waals surface area contributed by atoms with E-state index in [4.69, 9.17) is 11.6 Å². The normalized spacial score (nSPS) is 10.6. The Morgan fingerprint density at radius 1 is 1.11 bits per heavy atom. The zero-order valence-corrected chi connectivity index (χ0v) is 16.0. The number of halogens is 1. The second kappa shape index (κ2) is 8.18. The van der Waals surface area contributed by atoms with Gasteiger partial charge in [-0.2, -0.15) is 0 Å². The largest absolute Gasteiger partial charge is 0.324 e. The standard InChI is InChI=1S/C21H20ClN3O2/c1-14-17(22)8-4-10-19(14)25(15(2)26)13-11-20(27)24-18-9-3-6-16-7-5-12-23-21(16)18/h3-10,12H,11,13H2,1-2H3,(H,24,27). The maximum absolute atomic E-state index is 12.5. The molecular weight excluding hydrogens is 362 g/mol. The molecule has 2 aromatic carbocycles. The van der Waals surface area contributed by atoms with Crippen LogP contribution < -0.4 is 10.2 Å². The van der Waals surface area contributed by atoms with Crippen molar-refractivity contribution >= 4 is 45.7 Å². The van der Waals surface area contributed by atoms with Crippen LogP contribution >= 0.6 is 11.6 Å². The number of pyridine rings is 1. The van der Waals surface area contributed by atoms with Gasteiger partial charge in [-0.15, -0.1) is 0 Å². The van der Waals surface area contributed by atoms with Crippen LogP contribution in [0.4, 0.5) is 11.4 Å². The summed E-state index contributed by atoms with van der Waals surface area (Å²) in [4.78, 5) is 30.5. The van der Waals surface area contributed by atoms with Crippen molar-refractivity contribution < 1.29 is 9.59 Å². The number of benzene rings is 2. The molecule has 5 nitrogen and oxygen atoms in total. The molecule has 0 unspecified atom stereocenters. The van der Waals surface area contributed by atoms with Crippen molar-refractivity contribution in [2.24, 2.45) is 0 Å². The first-order chi connectivity index (χ1) is 13.0. The second-order valence-corrected chi connectivity index (χ2v) is 6.64. The number of para-hydroxylation sites is 1. The van der Waals surface area contributed by atoms with Crippen LogP contribution in [0.5, 0.6) is 0 Å². The highest BCUT2D eigenvalue weighted by molar-refractivity contribution is 6.31. The molecule has 0 bridgehead atoms. The number of amides is 2. The van der Waals surface area contributed by atoms with Gasteiger partial charge in [-0.25, -0.2) is 0 Å². The van der Waals surface area contributed by atoms with Gasteiger partial charge in [0.25, 0.3) is 0 Å². The molecular formula is C21H20ClN3O2. The highest BCUT2D eigenvalue weighted by Crippen LogP contribution is 2.27. The van der Waals surface area contributed by atoms with Crippen LogP contribution in [0.1, 0.15) is 18.9 Å². The topological polar surface area (TPSA) is 62.3 Å². The van der Waals surface area contributed by atoms with Gasteiger partial charge in [-0.3, -0.25) is 14.6 Å². The fourth-order valence-corrected chi connectivity index (χ4v) is 3.14. The third kappa shape index (κ3) is 4.26. The Morgan fingerprint density at radius 2 is 1.85 bits per heavy atom. The Kier molecular flexibility index (Phi) is 5.72. The number of carbonyl (C=O) groups excluding carboxylic acids is 2. The molecule has 1 heterocycles. The van der Waals surface area contributed by atoms with E-state index in [9.17, 15) is 9.59 Å². The van der Waals surface area contributed by atoms with E-state index in [1.165, 1.54) is 6.92 Å². The minimum Gasteiger partial charge on any atom is -0.324 e. The summed E-state index contributed by atoms with van der Waals surface area (Å²) in [6, 6.07) is 14.8. The molecule has 0 aliphatic carbocycles. The Balaban J connectivity index is 1.73. The fraction of sp³-hybridized carbons (Fsp3) is 0.190. The number of hydrogen-bond donors (Lipinski definition) is 1. The summed E-state index contributed by atoms with van der Waals surface area (Å²) in [5.41, 5.74) is 2.93. The first-order valence-corrected chi connectivity index (χ1v) is 9.02. The van der Waals surface area contributed by atoms with Crippen LogP contribution in [0, 0.1) is 6.92 Å². The van der Waals surface area contributed by atoms with Gasteiger partial charge in [0.2, 0.25) is 11.8 Å². The maximum atomic E-state index is 12.5. The van der Waals surface area contributed by atoms with E-state index in [2.05, 4.69) is 10.3 Å². The van der Waals surface area contributed by atoms with Gasteiger partial charge in [0.1, 0.15) is 0 Å². The maximum Gasteiger partial charge on any atom is 0.226 e. The summed E-state index contributed by atoms with van der Waals surface area (Å²) in [6.07, 6.45) is 1.85. The number of rotatable bonds is 5. The van der Waals surface area contributed by atoms with Crippen LogP contribution in [0.3, 0.4) is 0 Å². The van der Waals surface area contributed by atoms with Gasteiger partial charge in [0.15, 0.2) is 0 Å². The van der Waals surface area contributed by atoms with Crippen LogP contribution in [0.25, 0.3) is 10.9 Å². The molecule has 0 radical (unpaired) electrons. The lowest BCUT2D eigenvalue weighted by atomic mass is 10.1. The predicted octanol–water partition coefficient (Wildman–Crippen LogP) is 4.58. The molecule has 27 heavy (non-hydrogen) atoms. The Hall–Kier alpha value is -2.92. The highest BCUT2D eigenvalue weighted by atomic mass is 35.5. The van der Waals surface area contributed by atoms with Gasteiger partial charge < -0.3 is 10.2 Å². The number of hydrogen-bond acceptors (Lipinski definition) is 3. The minimum atomic E-state index is -0.181. The van der Waals surface area contributed by atoms with Gasteiger partial charge in [-0.1, -0.05) is 35.9 Å². The molecule has 0 saturated carbocycles. The second-order valence-electron chi connectivity index (χ2n) is 6.23. The molecule has 0 spiro atoms. The molecule has 1 N–H and O–H groups in total. The molecule has 0 aliphatic rings. The smallest absolute Gasteiger partial charge is 0.226 e. The van der Waals surface area contributed by atoms with E-state index in [0.29, 0.717) is 10.7 Å². The summed E-state index contributed by atoms with van der Waals surface area (Å²) in [6.45, 7) is 3.60. The lowest BCUT2D eigenvalue weighted by Crippen LogP contribution is -2.32. The van der Waals surface area contributed by atoms with E-state index in [0.717, 1.165) is 22.2 Å². The minimum absolute atomic E-state index is 0.139. The number of aromatic nitrogens is 1. The fourth-order valence-electron chi connectivity index (χ4n) is 2.97. The van der Waals surface area contributed by atoms with Crippen LogP contribution in [0.2, 0.25) is 5.02 Å². The Bertz CT molecular complexity index is 998. The molecule has 0 saturated heterocycles. The van der Waals surface area contributed by atoms with Crippen LogP contribution in [0.15, 0.2) is 54.7 Å². The van der Waals surface area contributed by atoms with E-state index < -0.39 is 0 Å². The molecule has 6 heteroatoms. The van der Waals surface area contributed by atoms with Crippen molar-refractivity contribution in [3.63, 3.8) is 0 Å². The zero-order valence-electron chi connectivity index (χ0n) is 15.2. The van der Waals surface area contributed by atoms with Crippen LogP contribution in [-0.4, -0.2) is 23.3 Å². The quantitative estimate of drug-likeness (QED) is 0.703. The highest BCUT2D eigenvalue weighted by Gasteiger charge is 2.17. The van der Waals surface area contributed by atoms with Crippen molar-refractivity contribution in [1.29, 1.82) is 0 Å². The van der Waals surface area contributed by atoms with Crippen molar-refractivity contribution in [3.8, 4) is 0 Å². The van der Waals surface area contributed by atoms with Crippen molar-refractivity contribution in [3.05, 3.63) is 65.3 Å². The first kappa shape index (κ1) is 18.9. The zero-order chi connectivity index (χ0) is 19.4. The van der Waals surface area contributed by atoms with Crippen molar-refractivity contribution in [2.75, 3.05) is 16.8 Å². The SMILES string of the molecule is CC(=O)N(CCC(=O)Nc1cccc2cccnc12)c1cccc(Cl)c1C. The molecule has 0 fully saturated rings. The summed E-state index contributed by atoms with van der Waals surface area (Å²) >= 11 is 6.16. The van der Waals surface area contributed by atoms with Crippen molar-refractivity contribution in [2.45, 2.75) is 20.3 Å². The number of nitrogens with zero attached hydrogens (tertiary/aromatic N) is 2. The van der Waals surface area contributed by atoms with Gasteiger partial charge in [0.05, 0.1) is 11.2 Å². The van der Waals surface area contributed by atoms with E-state index >= 15 is 0 Å². The molecule has 3 rings (SSSR count). The average Bonchev–Trinajstić information content (AvgIpc) is 2.65. The number of nitrogens with one attached hydrogen (secondary N) is 1. The molecule has 0 aliphatic heterocycles. The number of fused-ring (bicyclic) bond motifs is 1. The lowest BCUT2D eigenvalue weighted by molar-refractivity contribution is -0.117. The summed E-state index contributed by atoms with van der Waals surface area (Å²) in [7, 11) is 0. The third-order valence-corrected chi connectivity index (χ3v) is 4.79. The number of carbonyl (C=O) groups is 2. The van der Waals surface area contributed by atoms with Crippen LogP contribution in [-0.2, 0) is 9.59 Å². The van der Waals surface area contributed by atoms with Gasteiger partial charge >= 0.3 is 0 Å².